The first-order chi connectivity index (χ1) is 54.6. The molecule has 4 N–H and O–H groups in total. The van der Waals surface area contributed by atoms with E-state index < -0.39 is 23.9 Å². The minimum absolute atomic E-state index is 0.123. The summed E-state index contributed by atoms with van der Waals surface area (Å²) in [4.78, 5) is 63.2. The monoisotopic (exact) mass is 1620 g/mol. The minimum atomic E-state index is -0.817. The molecule has 0 aliphatic heterocycles. The van der Waals surface area contributed by atoms with Crippen LogP contribution in [0.4, 0.5) is 26.3 Å². The number of ether oxygens (including phenoxy) is 6. The van der Waals surface area contributed by atoms with Gasteiger partial charge < -0.3 is 48.8 Å². The average Bonchev–Trinajstić information content (AvgIpc) is 0.901. The number of carbonyl (C=O) groups is 6. The highest BCUT2D eigenvalue weighted by molar-refractivity contribution is 5.69. The van der Waals surface area contributed by atoms with Crippen LogP contribution in [0.1, 0.15) is 324 Å². The number of aliphatic carboxylic acids is 4. The lowest BCUT2D eigenvalue weighted by molar-refractivity contribution is -0.141. The summed E-state index contributed by atoms with van der Waals surface area (Å²) in [5.74, 6) is -1.80. The molecule has 0 saturated heterocycles. The minimum Gasteiger partial charge on any atom is -0.491 e. The second kappa shape index (κ2) is 61.3. The van der Waals surface area contributed by atoms with Crippen molar-refractivity contribution in [1.82, 2.24) is 0 Å². The van der Waals surface area contributed by atoms with Crippen molar-refractivity contribution in [3.63, 3.8) is 0 Å². The Morgan fingerprint density at radius 3 is 0.696 bits per heavy atom. The van der Waals surface area contributed by atoms with Crippen LogP contribution in [-0.2, 0) is 51.1 Å². The van der Waals surface area contributed by atoms with E-state index in [0.717, 1.165) is 136 Å². The number of carboxylic acids is 4. The van der Waals surface area contributed by atoms with E-state index in [1.54, 1.807) is 60.7 Å². The van der Waals surface area contributed by atoms with Crippen molar-refractivity contribution in [2.75, 3.05) is 40.6 Å². The topological polar surface area (TPSA) is 239 Å². The van der Waals surface area contributed by atoms with Crippen molar-refractivity contribution in [3.05, 3.63) is 189 Å². The van der Waals surface area contributed by atoms with Crippen molar-refractivity contribution in [2.45, 2.75) is 292 Å². The molecule has 642 valence electrons. The summed E-state index contributed by atoms with van der Waals surface area (Å²) in [5, 5.41) is 34.0. The Hall–Kier alpha value is -9.08. The SMILES string of the molecule is CC(C)c1ccc(F)c(CCCCCCC(=O)O)c1.CC(C)c1ccc(F)c(OCCCCC(=O)O)c1.CC(C)c1ccc(F)c(OCCCCCC(=O)O)c1.CC(C)c1ccc(F)c(OCCCCCCC(=O)O)c1.COC(=O)CCCCCOc1cc(C(C)C)ccc1F.COC(=O)CCCCCc1cc(C(C)C)ccc1F. The maximum absolute atomic E-state index is 13.7. The van der Waals surface area contributed by atoms with E-state index in [1.807, 2.05) is 52.0 Å². The number of carboxylic acid groups (broad SMARTS) is 4. The van der Waals surface area contributed by atoms with Crippen molar-refractivity contribution < 1.29 is 104 Å². The standard InChI is InChI=1S/2C16H23FO3.2C16H23FO2.C15H21FO3.C14H19FO3/c1-12(2)13-8-9-14(17)15(11-13)20-10-6-4-5-7-16(18)19-3;1-12(2)13-8-9-14(17)15(11-13)20-10-6-4-3-5-7-16(18)19;1-12(2)13-9-10-15(17)14(11-13)7-5-4-6-8-16(18)19-3;1-12(2)13-9-10-15(17)14(11-13)7-5-3-4-6-8-16(18)19;1-11(2)12-7-8-13(16)14(10-12)19-9-5-3-4-6-15(17)18;1-10(2)11-6-7-12(15)13(9-11)18-8-4-3-5-14(16)17/h8-9,11-12H,4-7,10H2,1-3H3;8-9,11-12H,3-7,10H2,1-2H3,(H,18,19);9-12H,4-8H2,1-3H3;9-12H,3-8H2,1-2H3,(H,18,19);7-8,10-11H,3-6,9H2,1-2H3,(H,17,18);6-7,9-10H,3-5,8H2,1-2H3,(H,16,17). The zero-order valence-corrected chi connectivity index (χ0v) is 70.7. The first kappa shape index (κ1) is 104. The van der Waals surface area contributed by atoms with Gasteiger partial charge in [-0.25, -0.2) is 26.3 Å². The van der Waals surface area contributed by atoms with E-state index >= 15 is 0 Å². The number of aryl methyl sites for hydroxylation is 2. The molecule has 0 saturated carbocycles. The van der Waals surface area contributed by atoms with E-state index in [4.69, 9.17) is 39.4 Å². The third-order valence-corrected chi connectivity index (χ3v) is 18.5. The molecular weight excluding hydrogens is 1490 g/mol. The molecule has 0 aliphatic rings. The van der Waals surface area contributed by atoms with Gasteiger partial charge in [-0.2, -0.15) is 0 Å². The largest absolute Gasteiger partial charge is 0.491 e. The van der Waals surface area contributed by atoms with Crippen molar-refractivity contribution in [3.8, 4) is 23.0 Å². The second-order valence-electron chi connectivity index (χ2n) is 30.2. The molecule has 0 spiro atoms. The van der Waals surface area contributed by atoms with Crippen LogP contribution in [0.25, 0.3) is 0 Å². The Morgan fingerprint density at radius 2 is 0.452 bits per heavy atom. The van der Waals surface area contributed by atoms with Gasteiger partial charge in [0.2, 0.25) is 0 Å². The van der Waals surface area contributed by atoms with Gasteiger partial charge in [0.15, 0.2) is 46.3 Å². The lowest BCUT2D eigenvalue weighted by Gasteiger charge is -2.11. The number of unbranched alkanes of at least 4 members (excludes halogenated alkanes) is 13. The number of rotatable bonds is 47. The third kappa shape index (κ3) is 49.4. The summed E-state index contributed by atoms with van der Waals surface area (Å²) < 4.78 is 112. The number of carbonyl (C=O) groups excluding carboxylic acids is 2. The summed E-state index contributed by atoms with van der Waals surface area (Å²) in [6, 6.07) is 30.5. The van der Waals surface area contributed by atoms with Crippen LogP contribution in [0.15, 0.2) is 109 Å². The van der Waals surface area contributed by atoms with Gasteiger partial charge in [0.1, 0.15) is 11.6 Å². The van der Waals surface area contributed by atoms with Crippen LogP contribution >= 0.6 is 0 Å². The Kier molecular flexibility index (Phi) is 55.4. The molecule has 0 unspecified atom stereocenters. The number of hydrogen-bond donors (Lipinski definition) is 4. The molecule has 0 aromatic heterocycles. The van der Waals surface area contributed by atoms with Crippen LogP contribution in [0.5, 0.6) is 23.0 Å². The molecule has 0 radical (unpaired) electrons. The van der Waals surface area contributed by atoms with Gasteiger partial charge in [0.25, 0.3) is 0 Å². The van der Waals surface area contributed by atoms with Crippen LogP contribution in [0.3, 0.4) is 0 Å². The van der Waals surface area contributed by atoms with Crippen molar-refractivity contribution in [1.29, 1.82) is 0 Å². The first-order valence-electron chi connectivity index (χ1n) is 40.9. The summed E-state index contributed by atoms with van der Waals surface area (Å²) in [6.45, 7) is 26.5. The number of methoxy groups -OCH3 is 2. The second-order valence-corrected chi connectivity index (χ2v) is 30.2. The van der Waals surface area contributed by atoms with E-state index in [0.29, 0.717) is 118 Å². The first-order valence-corrected chi connectivity index (χ1v) is 40.9. The van der Waals surface area contributed by atoms with Crippen molar-refractivity contribution >= 4 is 35.8 Å². The molecule has 6 aromatic carbocycles. The quantitative estimate of drug-likeness (QED) is 0.0158. The Labute approximate surface area is 680 Å². The van der Waals surface area contributed by atoms with Crippen molar-refractivity contribution in [2.24, 2.45) is 0 Å². The molecule has 0 atom stereocenters. The Bertz CT molecular complexity index is 3660. The zero-order chi connectivity index (χ0) is 86.2. The normalized spacial score (nSPS) is 10.8. The van der Waals surface area contributed by atoms with Crippen LogP contribution in [-0.4, -0.2) is 96.9 Å². The fourth-order valence-electron chi connectivity index (χ4n) is 11.1. The van der Waals surface area contributed by atoms with E-state index in [1.165, 1.54) is 49.6 Å². The molecule has 16 nitrogen and oxygen atoms in total. The van der Waals surface area contributed by atoms with Gasteiger partial charge in [-0.15, -0.1) is 0 Å². The van der Waals surface area contributed by atoms with Gasteiger partial charge >= 0.3 is 35.8 Å². The number of esters is 2. The Morgan fingerprint density at radius 1 is 0.261 bits per heavy atom. The highest BCUT2D eigenvalue weighted by Gasteiger charge is 2.15. The highest BCUT2D eigenvalue weighted by Crippen LogP contribution is 2.29. The zero-order valence-electron chi connectivity index (χ0n) is 70.7. The lowest BCUT2D eigenvalue weighted by atomic mass is 9.97. The predicted octanol–water partition coefficient (Wildman–Crippen LogP) is 24.7. The smallest absolute Gasteiger partial charge is 0.305 e. The molecule has 115 heavy (non-hydrogen) atoms. The molecular formula is C93H132F6O16. The van der Waals surface area contributed by atoms with Gasteiger partial charge in [-0.3, -0.25) is 28.8 Å². The molecule has 0 bridgehead atoms. The molecule has 0 fully saturated rings. The number of hydrogen-bond acceptors (Lipinski definition) is 12. The fraction of sp³-hybridized carbons (Fsp3) is 0.548. The molecule has 22 heteroatoms. The maximum Gasteiger partial charge on any atom is 0.305 e. The molecule has 0 heterocycles. The molecule has 0 amide bonds. The summed E-state index contributed by atoms with van der Waals surface area (Å²) >= 11 is 0. The molecule has 0 aliphatic carbocycles. The number of benzene rings is 6. The van der Waals surface area contributed by atoms with Gasteiger partial charge in [-0.1, -0.05) is 164 Å². The Balaban J connectivity index is 0.000000690. The highest BCUT2D eigenvalue weighted by atomic mass is 19.1. The van der Waals surface area contributed by atoms with Crippen LogP contribution < -0.4 is 18.9 Å². The molecule has 6 rings (SSSR count). The average molecular weight is 1620 g/mol. The third-order valence-electron chi connectivity index (χ3n) is 18.5. The van der Waals surface area contributed by atoms with Crippen LogP contribution in [0.2, 0.25) is 0 Å². The van der Waals surface area contributed by atoms with Crippen LogP contribution in [0, 0.1) is 34.9 Å². The van der Waals surface area contributed by atoms with E-state index in [9.17, 15) is 55.1 Å². The molecule has 6 aromatic rings. The van der Waals surface area contributed by atoms with E-state index in [-0.39, 0.29) is 84.0 Å². The number of halogens is 6. The van der Waals surface area contributed by atoms with Gasteiger partial charge in [-0.05, 0) is 243 Å². The van der Waals surface area contributed by atoms with E-state index in [2.05, 4.69) is 64.9 Å². The van der Waals surface area contributed by atoms with Gasteiger partial charge in [0.05, 0.1) is 40.6 Å². The summed E-state index contributed by atoms with van der Waals surface area (Å²) in [7, 11) is 2.78. The predicted molar refractivity (Wildman–Crippen MR) is 442 cm³/mol. The summed E-state index contributed by atoms with van der Waals surface area (Å²) in [6.07, 6.45) is 18.2. The lowest BCUT2D eigenvalue weighted by Crippen LogP contribution is -2.02. The summed E-state index contributed by atoms with van der Waals surface area (Å²) in [5.41, 5.74) is 8.09. The van der Waals surface area contributed by atoms with Gasteiger partial charge in [0, 0.05) is 38.5 Å². The maximum atomic E-state index is 13.7. The fourth-order valence-corrected chi connectivity index (χ4v) is 11.1.